The predicted octanol–water partition coefficient (Wildman–Crippen LogP) is 4.99. The fourth-order valence-electron chi connectivity index (χ4n) is 4.79. The van der Waals surface area contributed by atoms with E-state index in [0.29, 0.717) is 6.42 Å². The summed E-state index contributed by atoms with van der Waals surface area (Å²) in [7, 11) is 2.19. The van der Waals surface area contributed by atoms with Crippen molar-refractivity contribution in [2.24, 2.45) is 11.8 Å². The lowest BCUT2D eigenvalue weighted by Crippen LogP contribution is -2.57. The molecule has 1 aliphatic rings. The van der Waals surface area contributed by atoms with Crippen molar-refractivity contribution in [2.45, 2.75) is 38.0 Å². The second-order valence-electron chi connectivity index (χ2n) is 7.44. The van der Waals surface area contributed by atoms with Gasteiger partial charge in [-0.1, -0.05) is 80.6 Å². The van der Waals surface area contributed by atoms with Gasteiger partial charge in [-0.05, 0) is 24.6 Å². The minimum atomic E-state index is -0.782. The van der Waals surface area contributed by atoms with E-state index in [2.05, 4.69) is 80.9 Å². The summed E-state index contributed by atoms with van der Waals surface area (Å²) in [6.45, 7) is 8.26. The normalized spacial score (nSPS) is 33.1. The fourth-order valence-corrected chi connectivity index (χ4v) is 4.79. The Balaban J connectivity index is 2.11. The first-order valence-corrected chi connectivity index (χ1v) is 9.15. The van der Waals surface area contributed by atoms with Crippen LogP contribution >= 0.6 is 0 Å². The van der Waals surface area contributed by atoms with Crippen molar-refractivity contribution >= 4 is 0 Å². The molecule has 132 valence electrons. The summed E-state index contributed by atoms with van der Waals surface area (Å²) in [5.74, 6) is 0.209. The van der Waals surface area contributed by atoms with Crippen molar-refractivity contribution < 1.29 is 5.11 Å². The molecule has 1 saturated heterocycles. The highest BCUT2D eigenvalue weighted by Gasteiger charge is 2.52. The zero-order valence-electron chi connectivity index (χ0n) is 15.5. The summed E-state index contributed by atoms with van der Waals surface area (Å²) >= 11 is 0. The van der Waals surface area contributed by atoms with Crippen LogP contribution in [0.5, 0.6) is 0 Å². The maximum atomic E-state index is 11.7. The van der Waals surface area contributed by atoms with E-state index in [1.807, 2.05) is 18.2 Å². The highest BCUT2D eigenvalue weighted by molar-refractivity contribution is 5.28. The molecule has 2 aromatic rings. The largest absolute Gasteiger partial charge is 0.389 e. The molecule has 4 atom stereocenters. The molecule has 0 saturated carbocycles. The van der Waals surface area contributed by atoms with Gasteiger partial charge in [0.05, 0.1) is 5.60 Å². The van der Waals surface area contributed by atoms with E-state index in [0.717, 1.165) is 0 Å². The Labute approximate surface area is 151 Å². The van der Waals surface area contributed by atoms with Crippen molar-refractivity contribution in [3.05, 3.63) is 84.4 Å². The van der Waals surface area contributed by atoms with E-state index in [1.54, 1.807) is 0 Å². The molecule has 0 aliphatic carbocycles. The number of rotatable bonds is 4. The Bertz CT molecular complexity index is 643. The summed E-state index contributed by atoms with van der Waals surface area (Å²) in [6.07, 6.45) is 2.47. The highest BCUT2D eigenvalue weighted by atomic mass is 16.3. The van der Waals surface area contributed by atoms with Crippen LogP contribution in [0.3, 0.4) is 0 Å². The maximum absolute atomic E-state index is 11.7. The van der Waals surface area contributed by atoms with Crippen LogP contribution in [-0.2, 0) is 0 Å². The second-order valence-corrected chi connectivity index (χ2v) is 7.44. The lowest BCUT2D eigenvalue weighted by atomic mass is 9.64. The van der Waals surface area contributed by atoms with Gasteiger partial charge in [-0.2, -0.15) is 0 Å². The molecule has 1 fully saturated rings. The molecular formula is C23H29NO. The average Bonchev–Trinajstić information content (AvgIpc) is 2.63. The smallest absolute Gasteiger partial charge is 0.0769 e. The summed E-state index contributed by atoms with van der Waals surface area (Å²) < 4.78 is 0. The van der Waals surface area contributed by atoms with Gasteiger partial charge in [0.2, 0.25) is 0 Å². The van der Waals surface area contributed by atoms with Gasteiger partial charge in [-0.3, -0.25) is 4.90 Å². The molecule has 0 bridgehead atoms. The summed E-state index contributed by atoms with van der Waals surface area (Å²) in [5, 5.41) is 11.7. The number of hydrogen-bond acceptors (Lipinski definition) is 2. The molecule has 2 aromatic carbocycles. The Morgan fingerprint density at radius 3 is 1.68 bits per heavy atom. The monoisotopic (exact) mass is 335 g/mol. The molecule has 1 N–H and O–H groups in total. The van der Waals surface area contributed by atoms with Gasteiger partial charge >= 0.3 is 0 Å². The van der Waals surface area contributed by atoms with Gasteiger partial charge in [-0.15, -0.1) is 6.58 Å². The van der Waals surface area contributed by atoms with Gasteiger partial charge in [-0.25, -0.2) is 0 Å². The zero-order valence-corrected chi connectivity index (χ0v) is 15.5. The third-order valence-corrected chi connectivity index (χ3v) is 6.16. The Hall–Kier alpha value is -1.90. The molecule has 0 aromatic heterocycles. The number of hydrogen-bond donors (Lipinski definition) is 1. The first-order valence-electron chi connectivity index (χ1n) is 9.15. The first kappa shape index (κ1) is 17.9. The van der Waals surface area contributed by atoms with Crippen LogP contribution in [0.4, 0.5) is 0 Å². The van der Waals surface area contributed by atoms with Crippen molar-refractivity contribution in [3.63, 3.8) is 0 Å². The molecule has 0 spiro atoms. The minimum absolute atomic E-state index is 0.105. The average molecular weight is 335 g/mol. The standard InChI is InChI=1S/C23H29NO/c1-5-16-23(25)17(2)21(19-12-8-6-9-13-19)24(4)22(18(23)3)20-14-10-7-11-15-20/h5-15,17-18,21-22,25H,1,16H2,2-4H3/t17-,18-,21+,22+/m0/s1. The summed E-state index contributed by atoms with van der Waals surface area (Å²) in [6, 6.07) is 21.4. The third kappa shape index (κ3) is 3.05. The van der Waals surface area contributed by atoms with Crippen molar-refractivity contribution in [3.8, 4) is 0 Å². The van der Waals surface area contributed by atoms with E-state index >= 15 is 0 Å². The molecule has 0 unspecified atom stereocenters. The predicted molar refractivity (Wildman–Crippen MR) is 104 cm³/mol. The maximum Gasteiger partial charge on any atom is 0.0769 e. The van der Waals surface area contributed by atoms with E-state index in [9.17, 15) is 5.11 Å². The SMILES string of the molecule is C=CCC1(O)[C@@H](C)[C@H](c2ccccc2)N(C)[C@@H](c2ccccc2)[C@@H]1C. The second kappa shape index (κ2) is 7.15. The van der Waals surface area contributed by atoms with E-state index < -0.39 is 5.60 Å². The Kier molecular flexibility index (Phi) is 5.12. The van der Waals surface area contributed by atoms with Gasteiger partial charge in [0, 0.05) is 23.9 Å². The van der Waals surface area contributed by atoms with Crippen molar-refractivity contribution in [2.75, 3.05) is 7.05 Å². The molecule has 1 heterocycles. The van der Waals surface area contributed by atoms with Crippen molar-refractivity contribution in [1.29, 1.82) is 0 Å². The van der Waals surface area contributed by atoms with Crippen LogP contribution in [0.2, 0.25) is 0 Å². The van der Waals surface area contributed by atoms with E-state index in [4.69, 9.17) is 0 Å². The number of likely N-dealkylation sites (tertiary alicyclic amines) is 1. The summed E-state index contributed by atoms with van der Waals surface area (Å²) in [5.41, 5.74) is 1.73. The number of piperidine rings is 1. The number of nitrogens with zero attached hydrogens (tertiary/aromatic N) is 1. The van der Waals surface area contributed by atoms with E-state index in [1.165, 1.54) is 11.1 Å². The topological polar surface area (TPSA) is 23.5 Å². The quantitative estimate of drug-likeness (QED) is 0.795. The van der Waals surface area contributed by atoms with Crippen LogP contribution in [0, 0.1) is 11.8 Å². The first-order chi connectivity index (χ1) is 12.0. The van der Waals surface area contributed by atoms with Gasteiger partial charge in [0.15, 0.2) is 0 Å². The third-order valence-electron chi connectivity index (χ3n) is 6.16. The van der Waals surface area contributed by atoms with Crippen LogP contribution in [0.25, 0.3) is 0 Å². The molecular weight excluding hydrogens is 306 g/mol. The van der Waals surface area contributed by atoms with E-state index in [-0.39, 0.29) is 23.9 Å². The zero-order chi connectivity index (χ0) is 18.0. The minimum Gasteiger partial charge on any atom is -0.389 e. The molecule has 25 heavy (non-hydrogen) atoms. The number of aliphatic hydroxyl groups is 1. The van der Waals surface area contributed by atoms with Crippen LogP contribution in [0.1, 0.15) is 43.5 Å². The van der Waals surface area contributed by atoms with Crippen LogP contribution < -0.4 is 0 Å². The van der Waals surface area contributed by atoms with Gasteiger partial charge < -0.3 is 5.11 Å². The Morgan fingerprint density at radius 1 is 0.920 bits per heavy atom. The molecule has 3 rings (SSSR count). The lowest BCUT2D eigenvalue weighted by molar-refractivity contribution is -0.152. The Morgan fingerprint density at radius 2 is 1.32 bits per heavy atom. The number of benzene rings is 2. The lowest BCUT2D eigenvalue weighted by Gasteiger charge is -2.56. The van der Waals surface area contributed by atoms with Gasteiger partial charge in [0.25, 0.3) is 0 Å². The highest BCUT2D eigenvalue weighted by Crippen LogP contribution is 2.53. The molecule has 0 amide bonds. The van der Waals surface area contributed by atoms with Crippen LogP contribution in [0.15, 0.2) is 73.3 Å². The molecule has 0 radical (unpaired) electrons. The summed E-state index contributed by atoms with van der Waals surface area (Å²) in [4.78, 5) is 2.44. The molecule has 1 aliphatic heterocycles. The van der Waals surface area contributed by atoms with Crippen molar-refractivity contribution in [1.82, 2.24) is 4.90 Å². The molecule has 2 heteroatoms. The molecule has 2 nitrogen and oxygen atoms in total. The fraction of sp³-hybridized carbons (Fsp3) is 0.391. The van der Waals surface area contributed by atoms with Crippen LogP contribution in [-0.4, -0.2) is 22.7 Å². The van der Waals surface area contributed by atoms with Gasteiger partial charge in [0.1, 0.15) is 0 Å².